The molecule has 0 aromatic carbocycles. The Morgan fingerprint density at radius 1 is 1.32 bits per heavy atom. The minimum atomic E-state index is -5.08. The normalized spacial score (nSPS) is 12.0. The molecule has 8 heteroatoms. The molecule has 0 aliphatic carbocycles. The van der Waals surface area contributed by atoms with Gasteiger partial charge in [-0.1, -0.05) is 13.0 Å². The number of carbonyl (C=O) groups is 2. The van der Waals surface area contributed by atoms with Gasteiger partial charge in [0.15, 0.2) is 0 Å². The summed E-state index contributed by atoms with van der Waals surface area (Å²) in [7, 11) is 0. The third kappa shape index (κ3) is 7.74. The summed E-state index contributed by atoms with van der Waals surface area (Å²) in [5.41, 5.74) is 0.826. The molecular formula is C11H12F3NO4. The number of hydrogen-bond donors (Lipinski definition) is 2. The van der Waals surface area contributed by atoms with E-state index in [0.29, 0.717) is 6.42 Å². The lowest BCUT2D eigenvalue weighted by Gasteiger charge is -2.03. The van der Waals surface area contributed by atoms with E-state index < -0.39 is 18.1 Å². The van der Waals surface area contributed by atoms with Crippen LogP contribution >= 0.6 is 0 Å². The predicted molar refractivity (Wildman–Crippen MR) is 58.4 cm³/mol. The molecular weight excluding hydrogens is 267 g/mol. The second kappa shape index (κ2) is 7.34. The summed E-state index contributed by atoms with van der Waals surface area (Å²) < 4.78 is 31.7. The average molecular weight is 279 g/mol. The number of pyridine rings is 1. The molecule has 1 aromatic heterocycles. The van der Waals surface area contributed by atoms with Crippen molar-refractivity contribution < 1.29 is 33.0 Å². The summed E-state index contributed by atoms with van der Waals surface area (Å²) in [6.07, 6.45) is -2.92. The van der Waals surface area contributed by atoms with Gasteiger partial charge < -0.3 is 10.2 Å². The summed E-state index contributed by atoms with van der Waals surface area (Å²) >= 11 is 0. The lowest BCUT2D eigenvalue weighted by Crippen LogP contribution is -2.21. The fraction of sp³-hybridized carbons (Fsp3) is 0.364. The van der Waals surface area contributed by atoms with Gasteiger partial charge in [0.25, 0.3) is 0 Å². The van der Waals surface area contributed by atoms with Crippen LogP contribution in [0.4, 0.5) is 13.2 Å². The number of aliphatic carboxylic acids is 2. The van der Waals surface area contributed by atoms with Crippen LogP contribution in [0.3, 0.4) is 0 Å². The van der Waals surface area contributed by atoms with Crippen molar-refractivity contribution in [3.05, 3.63) is 30.1 Å². The third-order valence-corrected chi connectivity index (χ3v) is 1.91. The van der Waals surface area contributed by atoms with Crippen LogP contribution in [0.2, 0.25) is 0 Å². The van der Waals surface area contributed by atoms with Crippen molar-refractivity contribution in [3.63, 3.8) is 0 Å². The van der Waals surface area contributed by atoms with E-state index in [2.05, 4.69) is 4.98 Å². The fourth-order valence-electron chi connectivity index (χ4n) is 0.920. The van der Waals surface area contributed by atoms with Crippen molar-refractivity contribution in [3.8, 4) is 0 Å². The summed E-state index contributed by atoms with van der Waals surface area (Å²) in [4.78, 5) is 23.4. The molecule has 0 amide bonds. The van der Waals surface area contributed by atoms with E-state index in [9.17, 15) is 18.0 Å². The van der Waals surface area contributed by atoms with Gasteiger partial charge in [-0.15, -0.1) is 0 Å². The Morgan fingerprint density at radius 2 is 1.84 bits per heavy atom. The Balaban J connectivity index is 0.000000399. The van der Waals surface area contributed by atoms with Crippen LogP contribution in [-0.2, 0) is 16.0 Å². The number of carboxylic acids is 2. The van der Waals surface area contributed by atoms with Gasteiger partial charge in [0.2, 0.25) is 0 Å². The second-order valence-corrected chi connectivity index (χ2v) is 3.57. The zero-order valence-electron chi connectivity index (χ0n) is 9.89. The highest BCUT2D eigenvalue weighted by Gasteiger charge is 2.38. The van der Waals surface area contributed by atoms with E-state index in [0.717, 1.165) is 5.69 Å². The van der Waals surface area contributed by atoms with Gasteiger partial charge in [0.05, 0.1) is 5.92 Å². The van der Waals surface area contributed by atoms with Crippen LogP contribution in [0.1, 0.15) is 12.6 Å². The molecule has 19 heavy (non-hydrogen) atoms. The molecule has 1 atom stereocenters. The van der Waals surface area contributed by atoms with Gasteiger partial charge in [-0.25, -0.2) is 4.79 Å². The molecule has 0 fully saturated rings. The number of halogens is 3. The van der Waals surface area contributed by atoms with Gasteiger partial charge in [0, 0.05) is 18.3 Å². The maximum Gasteiger partial charge on any atom is 0.490 e. The zero-order valence-corrected chi connectivity index (χ0v) is 9.89. The predicted octanol–water partition coefficient (Wildman–Crippen LogP) is 1.98. The highest BCUT2D eigenvalue weighted by molar-refractivity contribution is 5.73. The van der Waals surface area contributed by atoms with E-state index in [1.807, 2.05) is 18.2 Å². The number of aromatic nitrogens is 1. The van der Waals surface area contributed by atoms with Crippen LogP contribution in [0.5, 0.6) is 0 Å². The van der Waals surface area contributed by atoms with Gasteiger partial charge >= 0.3 is 18.1 Å². The minimum Gasteiger partial charge on any atom is -0.481 e. The highest BCUT2D eigenvalue weighted by Crippen LogP contribution is 2.13. The Bertz CT molecular complexity index is 420. The standard InChI is InChI=1S/C9H11NO2.C2HF3O2/c1-7(9(11)12)6-8-4-2-3-5-10-8;3-2(4,5)1(6)7/h2-5,7H,6H2,1H3,(H,11,12);(H,6,7). The molecule has 1 rings (SSSR count). The lowest BCUT2D eigenvalue weighted by atomic mass is 10.1. The molecule has 0 saturated heterocycles. The van der Waals surface area contributed by atoms with Gasteiger partial charge in [0.1, 0.15) is 0 Å². The first-order valence-corrected chi connectivity index (χ1v) is 5.07. The Labute approximate surface area is 106 Å². The molecule has 0 bridgehead atoms. The molecule has 0 spiro atoms. The molecule has 0 aliphatic heterocycles. The summed E-state index contributed by atoms with van der Waals surface area (Å²) in [5, 5.41) is 15.7. The second-order valence-electron chi connectivity index (χ2n) is 3.57. The van der Waals surface area contributed by atoms with Crippen molar-refractivity contribution >= 4 is 11.9 Å². The quantitative estimate of drug-likeness (QED) is 0.883. The van der Waals surface area contributed by atoms with Crippen molar-refractivity contribution in [1.82, 2.24) is 4.98 Å². The van der Waals surface area contributed by atoms with Crippen LogP contribution in [0, 0.1) is 5.92 Å². The van der Waals surface area contributed by atoms with Crippen LogP contribution in [0.25, 0.3) is 0 Å². The molecule has 106 valence electrons. The smallest absolute Gasteiger partial charge is 0.481 e. The number of rotatable bonds is 3. The SMILES string of the molecule is CC(Cc1ccccn1)C(=O)O.O=C(O)C(F)(F)F. The Morgan fingerprint density at radius 3 is 2.16 bits per heavy atom. The van der Waals surface area contributed by atoms with E-state index in [1.165, 1.54) is 0 Å². The fourth-order valence-corrected chi connectivity index (χ4v) is 0.920. The Hall–Kier alpha value is -2.12. The van der Waals surface area contributed by atoms with E-state index in [1.54, 1.807) is 13.1 Å². The first kappa shape index (κ1) is 16.9. The highest BCUT2D eigenvalue weighted by atomic mass is 19.4. The summed E-state index contributed by atoms with van der Waals surface area (Å²) in [5.74, 6) is -3.90. The van der Waals surface area contributed by atoms with Gasteiger partial charge in [-0.05, 0) is 12.1 Å². The molecule has 1 aromatic rings. The largest absolute Gasteiger partial charge is 0.490 e. The van der Waals surface area contributed by atoms with Crippen LogP contribution in [-0.4, -0.2) is 33.3 Å². The summed E-state index contributed by atoms with van der Waals surface area (Å²) in [6, 6.07) is 5.51. The first-order valence-electron chi connectivity index (χ1n) is 5.07. The van der Waals surface area contributed by atoms with Crippen molar-refractivity contribution in [2.24, 2.45) is 5.92 Å². The lowest BCUT2D eigenvalue weighted by molar-refractivity contribution is -0.192. The average Bonchev–Trinajstić information content (AvgIpc) is 2.29. The molecule has 5 nitrogen and oxygen atoms in total. The van der Waals surface area contributed by atoms with E-state index >= 15 is 0 Å². The number of hydrogen-bond acceptors (Lipinski definition) is 3. The first-order chi connectivity index (χ1) is 8.64. The zero-order chi connectivity index (χ0) is 15.1. The number of carboxylic acid groups (broad SMARTS) is 2. The number of alkyl halides is 3. The molecule has 2 N–H and O–H groups in total. The topological polar surface area (TPSA) is 87.5 Å². The number of nitrogens with zero attached hydrogens (tertiary/aromatic N) is 1. The van der Waals surface area contributed by atoms with Crippen molar-refractivity contribution in [1.29, 1.82) is 0 Å². The molecule has 1 heterocycles. The maximum absolute atomic E-state index is 10.6. The van der Waals surface area contributed by atoms with Gasteiger partial charge in [-0.2, -0.15) is 13.2 Å². The molecule has 0 saturated carbocycles. The van der Waals surface area contributed by atoms with Crippen molar-refractivity contribution in [2.45, 2.75) is 19.5 Å². The monoisotopic (exact) mass is 279 g/mol. The summed E-state index contributed by atoms with van der Waals surface area (Å²) in [6.45, 7) is 1.68. The molecule has 0 radical (unpaired) electrons. The van der Waals surface area contributed by atoms with Gasteiger partial charge in [-0.3, -0.25) is 9.78 Å². The maximum atomic E-state index is 10.6. The third-order valence-electron chi connectivity index (χ3n) is 1.91. The van der Waals surface area contributed by atoms with Crippen molar-refractivity contribution in [2.75, 3.05) is 0 Å². The molecule has 0 aliphatic rings. The van der Waals surface area contributed by atoms with Crippen LogP contribution < -0.4 is 0 Å². The minimum absolute atomic E-state index is 0.361. The van der Waals surface area contributed by atoms with Crippen LogP contribution in [0.15, 0.2) is 24.4 Å². The Kier molecular flexibility index (Phi) is 6.53. The van der Waals surface area contributed by atoms with E-state index in [4.69, 9.17) is 15.0 Å². The molecule has 1 unspecified atom stereocenters. The van der Waals surface area contributed by atoms with E-state index in [-0.39, 0.29) is 5.92 Å².